The van der Waals surface area contributed by atoms with E-state index in [2.05, 4.69) is 9.72 Å². The van der Waals surface area contributed by atoms with Crippen molar-refractivity contribution in [3.63, 3.8) is 0 Å². The van der Waals surface area contributed by atoms with Crippen LogP contribution < -0.4 is 4.74 Å². The van der Waals surface area contributed by atoms with Crippen molar-refractivity contribution in [1.82, 2.24) is 4.98 Å². The molecule has 0 aliphatic carbocycles. The number of hydrogen-bond acceptors (Lipinski definition) is 3. The van der Waals surface area contributed by atoms with Crippen molar-refractivity contribution in [2.45, 2.75) is 18.7 Å². The molecule has 1 aromatic heterocycles. The summed E-state index contributed by atoms with van der Waals surface area (Å²) in [5.74, 6) is -0.660. The van der Waals surface area contributed by atoms with Crippen LogP contribution >= 0.6 is 34.2 Å². The fourth-order valence-electron chi connectivity index (χ4n) is 1.06. The number of pyridine rings is 1. The minimum absolute atomic E-state index is 0.00455. The average molecular weight is 377 g/mol. The van der Waals surface area contributed by atoms with Gasteiger partial charge in [0.05, 0.1) is 24.1 Å². The SMILES string of the molecule is N#CCc1cc(OC(F)(F)F)c(CCl)nc1I. The van der Waals surface area contributed by atoms with Gasteiger partial charge < -0.3 is 4.74 Å². The maximum absolute atomic E-state index is 12.1. The molecule has 0 spiro atoms. The van der Waals surface area contributed by atoms with Gasteiger partial charge in [-0.25, -0.2) is 4.98 Å². The van der Waals surface area contributed by atoms with E-state index in [1.807, 2.05) is 28.7 Å². The number of rotatable bonds is 3. The van der Waals surface area contributed by atoms with Crippen LogP contribution in [-0.4, -0.2) is 11.3 Å². The zero-order valence-corrected chi connectivity index (χ0v) is 11.1. The summed E-state index contributed by atoms with van der Waals surface area (Å²) in [6, 6.07) is 2.98. The van der Waals surface area contributed by atoms with Crippen molar-refractivity contribution >= 4 is 34.2 Å². The molecule has 0 fully saturated rings. The first-order valence-electron chi connectivity index (χ1n) is 4.24. The van der Waals surface area contributed by atoms with E-state index in [1.54, 1.807) is 0 Å². The number of nitrogens with zero attached hydrogens (tertiary/aromatic N) is 2. The highest BCUT2D eigenvalue weighted by atomic mass is 127. The molecule has 0 aliphatic heterocycles. The summed E-state index contributed by atoms with van der Waals surface area (Å²) in [6.45, 7) is 0. The summed E-state index contributed by atoms with van der Waals surface area (Å²) in [5, 5.41) is 8.52. The minimum atomic E-state index is -4.81. The third kappa shape index (κ3) is 4.20. The van der Waals surface area contributed by atoms with Crippen LogP contribution in [0.1, 0.15) is 11.3 Å². The lowest BCUT2D eigenvalue weighted by Gasteiger charge is -2.13. The van der Waals surface area contributed by atoms with Crippen molar-refractivity contribution in [3.05, 3.63) is 21.0 Å². The smallest absolute Gasteiger partial charge is 0.404 e. The topological polar surface area (TPSA) is 45.9 Å². The van der Waals surface area contributed by atoms with Crippen molar-refractivity contribution in [2.75, 3.05) is 0 Å². The van der Waals surface area contributed by atoms with E-state index < -0.39 is 12.1 Å². The van der Waals surface area contributed by atoms with E-state index in [4.69, 9.17) is 16.9 Å². The van der Waals surface area contributed by atoms with Crippen LogP contribution in [0.5, 0.6) is 5.75 Å². The lowest BCUT2D eigenvalue weighted by atomic mass is 10.2. The van der Waals surface area contributed by atoms with E-state index in [-0.39, 0.29) is 18.0 Å². The first-order valence-corrected chi connectivity index (χ1v) is 5.85. The molecular weight excluding hydrogens is 371 g/mol. The minimum Gasteiger partial charge on any atom is -0.404 e. The maximum Gasteiger partial charge on any atom is 0.573 e. The molecule has 0 atom stereocenters. The van der Waals surface area contributed by atoms with Gasteiger partial charge in [-0.15, -0.1) is 24.8 Å². The molecule has 8 heteroatoms. The molecule has 1 heterocycles. The number of aromatic nitrogens is 1. The molecule has 0 radical (unpaired) electrons. The van der Waals surface area contributed by atoms with Gasteiger partial charge in [-0.3, -0.25) is 0 Å². The number of nitriles is 1. The summed E-state index contributed by atoms with van der Waals surface area (Å²) >= 11 is 7.31. The molecule has 92 valence electrons. The second-order valence-electron chi connectivity index (χ2n) is 2.90. The predicted octanol–water partition coefficient (Wildman–Crippen LogP) is 3.39. The van der Waals surface area contributed by atoms with Crippen molar-refractivity contribution in [1.29, 1.82) is 5.26 Å². The lowest BCUT2D eigenvalue weighted by Crippen LogP contribution is -2.19. The van der Waals surface area contributed by atoms with Gasteiger partial charge >= 0.3 is 6.36 Å². The van der Waals surface area contributed by atoms with Gasteiger partial charge in [-0.1, -0.05) is 0 Å². The van der Waals surface area contributed by atoms with Gasteiger partial charge in [0.2, 0.25) is 0 Å². The van der Waals surface area contributed by atoms with Gasteiger partial charge in [-0.05, 0) is 28.7 Å². The Hall–Kier alpha value is -0.750. The number of ether oxygens (including phenoxy) is 1. The molecular formula is C9H5ClF3IN2O. The lowest BCUT2D eigenvalue weighted by molar-refractivity contribution is -0.275. The Morgan fingerprint density at radius 3 is 2.65 bits per heavy atom. The highest BCUT2D eigenvalue weighted by Crippen LogP contribution is 2.29. The normalized spacial score (nSPS) is 11.1. The predicted molar refractivity (Wildman–Crippen MR) is 62.5 cm³/mol. The Kier molecular flexibility index (Phi) is 4.82. The molecule has 0 unspecified atom stereocenters. The molecule has 0 amide bonds. The fourth-order valence-corrected chi connectivity index (χ4v) is 1.89. The largest absolute Gasteiger partial charge is 0.573 e. The van der Waals surface area contributed by atoms with Gasteiger partial charge in [0.25, 0.3) is 0 Å². The van der Waals surface area contributed by atoms with Crippen LogP contribution in [0.25, 0.3) is 0 Å². The van der Waals surface area contributed by atoms with E-state index in [0.29, 0.717) is 9.26 Å². The Morgan fingerprint density at radius 2 is 2.18 bits per heavy atom. The van der Waals surface area contributed by atoms with E-state index in [0.717, 1.165) is 6.07 Å². The van der Waals surface area contributed by atoms with E-state index in [9.17, 15) is 13.2 Å². The van der Waals surface area contributed by atoms with E-state index >= 15 is 0 Å². The molecule has 0 bridgehead atoms. The Labute approximate surface area is 114 Å². The second kappa shape index (κ2) is 5.73. The monoisotopic (exact) mass is 376 g/mol. The van der Waals surface area contributed by atoms with Crippen molar-refractivity contribution in [2.24, 2.45) is 0 Å². The maximum atomic E-state index is 12.1. The van der Waals surface area contributed by atoms with Crippen LogP contribution in [0.3, 0.4) is 0 Å². The van der Waals surface area contributed by atoms with Gasteiger partial charge in [0, 0.05) is 5.56 Å². The first kappa shape index (κ1) is 14.3. The molecule has 0 aromatic carbocycles. The summed E-state index contributed by atoms with van der Waals surface area (Å²) in [6.07, 6.45) is -4.85. The third-order valence-electron chi connectivity index (χ3n) is 1.71. The highest BCUT2D eigenvalue weighted by molar-refractivity contribution is 14.1. The molecule has 1 aromatic rings. The third-order valence-corrected chi connectivity index (χ3v) is 2.90. The van der Waals surface area contributed by atoms with Crippen LogP contribution in [0, 0.1) is 15.0 Å². The Bertz CT molecular complexity index is 459. The van der Waals surface area contributed by atoms with Crippen molar-refractivity contribution < 1.29 is 17.9 Å². The van der Waals surface area contributed by atoms with Crippen LogP contribution in [0.2, 0.25) is 0 Å². The van der Waals surface area contributed by atoms with Crippen LogP contribution in [0.4, 0.5) is 13.2 Å². The first-order chi connectivity index (χ1) is 7.87. The molecule has 1 rings (SSSR count). The standard InChI is InChI=1S/C9H5ClF3IN2O/c10-4-6-7(17-9(11,12)13)3-5(1-2-15)8(14)16-6/h3H,1,4H2. The van der Waals surface area contributed by atoms with Gasteiger partial charge in [0.1, 0.15) is 3.70 Å². The molecule has 17 heavy (non-hydrogen) atoms. The summed E-state index contributed by atoms with van der Waals surface area (Å²) in [5.41, 5.74) is 0.372. The number of alkyl halides is 4. The average Bonchev–Trinajstić information content (AvgIpc) is 2.20. The molecule has 3 nitrogen and oxygen atoms in total. The number of halogens is 5. The summed E-state index contributed by atoms with van der Waals surface area (Å²) in [4.78, 5) is 3.87. The molecule has 0 aliphatic rings. The van der Waals surface area contributed by atoms with Gasteiger partial charge in [0.15, 0.2) is 5.75 Å². The second-order valence-corrected chi connectivity index (χ2v) is 4.19. The Morgan fingerprint density at radius 1 is 1.53 bits per heavy atom. The zero-order valence-electron chi connectivity index (χ0n) is 8.18. The van der Waals surface area contributed by atoms with E-state index in [1.165, 1.54) is 0 Å². The molecule has 0 saturated heterocycles. The van der Waals surface area contributed by atoms with Crippen LogP contribution in [-0.2, 0) is 12.3 Å². The fraction of sp³-hybridized carbons (Fsp3) is 0.333. The van der Waals surface area contributed by atoms with Gasteiger partial charge in [-0.2, -0.15) is 5.26 Å². The highest BCUT2D eigenvalue weighted by Gasteiger charge is 2.32. The van der Waals surface area contributed by atoms with Crippen LogP contribution in [0.15, 0.2) is 6.07 Å². The zero-order chi connectivity index (χ0) is 13.1. The number of hydrogen-bond donors (Lipinski definition) is 0. The quantitative estimate of drug-likeness (QED) is 0.461. The summed E-state index contributed by atoms with van der Waals surface area (Å²) < 4.78 is 40.6. The Balaban J connectivity index is 3.18. The summed E-state index contributed by atoms with van der Waals surface area (Å²) in [7, 11) is 0. The van der Waals surface area contributed by atoms with Crippen molar-refractivity contribution in [3.8, 4) is 11.8 Å². The molecule has 0 N–H and O–H groups in total. The molecule has 0 saturated carbocycles.